The Morgan fingerprint density at radius 1 is 0.935 bits per heavy atom. The normalized spacial score (nSPS) is 32.7. The van der Waals surface area contributed by atoms with Gasteiger partial charge in [-0.05, 0) is 74.2 Å². The predicted molar refractivity (Wildman–Crippen MR) is 113 cm³/mol. The molecule has 0 heterocycles. The maximum absolute atomic E-state index is 13.5. The van der Waals surface area contributed by atoms with Crippen molar-refractivity contribution >= 4 is 0 Å². The van der Waals surface area contributed by atoms with Crippen LogP contribution in [0.25, 0.3) is 0 Å². The van der Waals surface area contributed by atoms with Gasteiger partial charge in [0.1, 0.15) is 0 Å². The number of unbranched alkanes of at least 4 members (excludes halogenated alkanes) is 1. The molecule has 0 aromatic heterocycles. The lowest BCUT2D eigenvalue weighted by molar-refractivity contribution is -0.358. The Morgan fingerprint density at radius 3 is 2.06 bits per heavy atom. The van der Waals surface area contributed by atoms with E-state index < -0.39 is 24.8 Å². The van der Waals surface area contributed by atoms with E-state index in [0.717, 1.165) is 36.2 Å². The molecule has 2 saturated carbocycles. The molecule has 0 aromatic rings. The molecule has 0 aromatic carbocycles. The summed E-state index contributed by atoms with van der Waals surface area (Å²) in [7, 11) is 0. The second-order valence-corrected chi connectivity index (χ2v) is 9.84. The molecule has 0 aliphatic heterocycles. The van der Waals surface area contributed by atoms with Gasteiger partial charge in [0.2, 0.25) is 0 Å². The van der Waals surface area contributed by atoms with Crippen LogP contribution in [0.3, 0.4) is 0 Å². The molecule has 0 radical (unpaired) electrons. The van der Waals surface area contributed by atoms with Crippen molar-refractivity contribution in [2.24, 2.45) is 23.7 Å². The minimum atomic E-state index is -4.81. The van der Waals surface area contributed by atoms with Crippen molar-refractivity contribution in [1.29, 1.82) is 0 Å². The zero-order chi connectivity index (χ0) is 22.5. The van der Waals surface area contributed by atoms with Crippen LogP contribution in [-0.2, 0) is 4.74 Å². The molecule has 1 nitrogen and oxygen atoms in total. The van der Waals surface area contributed by atoms with Gasteiger partial charge in [-0.1, -0.05) is 57.3 Å². The first-order chi connectivity index (χ1) is 14.8. The highest BCUT2D eigenvalue weighted by Gasteiger charge is 2.59. The maximum atomic E-state index is 13.5. The molecule has 6 heteroatoms. The largest absolute Gasteiger partial charge is 0.422 e. The highest BCUT2D eigenvalue weighted by molar-refractivity contribution is 5.27. The summed E-state index contributed by atoms with van der Waals surface area (Å²) in [6.07, 6.45) is 13.3. The summed E-state index contributed by atoms with van der Waals surface area (Å²) in [4.78, 5) is 0. The molecule has 3 aliphatic rings. The monoisotopic (exact) mass is 448 g/mol. The van der Waals surface area contributed by atoms with Crippen LogP contribution in [0.4, 0.5) is 22.0 Å². The number of hydrogen-bond acceptors (Lipinski definition) is 1. The third-order valence-corrected chi connectivity index (χ3v) is 7.75. The van der Waals surface area contributed by atoms with Crippen LogP contribution in [-0.4, -0.2) is 24.8 Å². The second kappa shape index (κ2) is 10.8. The predicted octanol–water partition coefficient (Wildman–Crippen LogP) is 8.26. The van der Waals surface area contributed by atoms with Gasteiger partial charge in [-0.3, -0.25) is 0 Å². The average molecular weight is 449 g/mol. The first-order valence-corrected chi connectivity index (χ1v) is 12.1. The number of rotatable bonds is 9. The Bertz CT molecular complexity index is 613. The quantitative estimate of drug-likeness (QED) is 0.323. The summed E-state index contributed by atoms with van der Waals surface area (Å²) in [6.45, 7) is -0.185. The maximum Gasteiger partial charge on any atom is 0.422 e. The van der Waals surface area contributed by atoms with Crippen molar-refractivity contribution in [2.75, 3.05) is 6.67 Å². The summed E-state index contributed by atoms with van der Waals surface area (Å²) in [5.41, 5.74) is 1.10. The molecule has 0 spiro atoms. The van der Waals surface area contributed by atoms with Gasteiger partial charge in [-0.15, -0.1) is 0 Å². The van der Waals surface area contributed by atoms with Crippen LogP contribution in [0.5, 0.6) is 0 Å². The molecular weight excluding hydrogens is 411 g/mol. The van der Waals surface area contributed by atoms with Crippen molar-refractivity contribution in [3.8, 4) is 0 Å². The van der Waals surface area contributed by atoms with Crippen molar-refractivity contribution in [3.63, 3.8) is 0 Å². The Balaban J connectivity index is 1.42. The third kappa shape index (κ3) is 6.33. The summed E-state index contributed by atoms with van der Waals surface area (Å²) in [5, 5.41) is 0. The molecule has 178 valence electrons. The Kier molecular flexibility index (Phi) is 8.62. The Morgan fingerprint density at radius 2 is 1.55 bits per heavy atom. The molecule has 31 heavy (non-hydrogen) atoms. The van der Waals surface area contributed by atoms with E-state index in [9.17, 15) is 22.0 Å². The van der Waals surface area contributed by atoms with Gasteiger partial charge in [0.25, 0.3) is 0 Å². The van der Waals surface area contributed by atoms with Crippen LogP contribution >= 0.6 is 0 Å². The number of alkyl halides is 5. The molecule has 0 amide bonds. The van der Waals surface area contributed by atoms with E-state index in [1.807, 2.05) is 6.08 Å². The van der Waals surface area contributed by atoms with Gasteiger partial charge in [0.15, 0.2) is 6.67 Å². The molecule has 0 bridgehead atoms. The Hall–Kier alpha value is -0.910. The summed E-state index contributed by atoms with van der Waals surface area (Å²) in [6, 6.07) is 0. The minimum absolute atomic E-state index is 0.117. The highest BCUT2D eigenvalue weighted by Crippen LogP contribution is 2.44. The van der Waals surface area contributed by atoms with Gasteiger partial charge in [0, 0.05) is 0 Å². The van der Waals surface area contributed by atoms with E-state index in [-0.39, 0.29) is 6.42 Å². The van der Waals surface area contributed by atoms with Crippen molar-refractivity contribution < 1.29 is 26.7 Å². The Labute approximate surface area is 183 Å². The van der Waals surface area contributed by atoms with Crippen molar-refractivity contribution in [2.45, 2.75) is 102 Å². The SMILES string of the molecule is CCCCC1CCC(C2CCC(C3=CCC(OC(F)(F)C(F)(F)CF)C=C3)CC2)CC1. The van der Waals surface area contributed by atoms with E-state index in [0.29, 0.717) is 5.92 Å². The van der Waals surface area contributed by atoms with Gasteiger partial charge in [0.05, 0.1) is 6.10 Å². The van der Waals surface area contributed by atoms with Crippen LogP contribution in [0, 0.1) is 23.7 Å². The zero-order valence-electron chi connectivity index (χ0n) is 18.6. The summed E-state index contributed by atoms with van der Waals surface area (Å²) < 4.78 is 69.5. The van der Waals surface area contributed by atoms with Crippen LogP contribution < -0.4 is 0 Å². The molecule has 0 N–H and O–H groups in total. The van der Waals surface area contributed by atoms with Crippen LogP contribution in [0.15, 0.2) is 23.8 Å². The third-order valence-electron chi connectivity index (χ3n) is 7.75. The van der Waals surface area contributed by atoms with Gasteiger partial charge in [-0.2, -0.15) is 17.6 Å². The van der Waals surface area contributed by atoms with E-state index in [1.165, 1.54) is 63.9 Å². The first-order valence-electron chi connectivity index (χ1n) is 12.1. The van der Waals surface area contributed by atoms with Gasteiger partial charge in [-0.25, -0.2) is 4.39 Å². The lowest BCUT2D eigenvalue weighted by Gasteiger charge is -2.38. The van der Waals surface area contributed by atoms with E-state index in [2.05, 4.69) is 11.7 Å². The molecule has 1 atom stereocenters. The number of allylic oxidation sites excluding steroid dienone is 2. The number of ether oxygens (including phenoxy) is 1. The number of halogens is 5. The second-order valence-electron chi connectivity index (χ2n) is 9.84. The van der Waals surface area contributed by atoms with Crippen molar-refractivity contribution in [1.82, 2.24) is 0 Å². The summed E-state index contributed by atoms with van der Waals surface area (Å²) in [5.74, 6) is -1.82. The van der Waals surface area contributed by atoms with Gasteiger partial charge < -0.3 is 4.74 Å². The molecular formula is C25H37F5O. The molecule has 3 rings (SSSR count). The fourth-order valence-electron chi connectivity index (χ4n) is 5.73. The highest BCUT2D eigenvalue weighted by atomic mass is 19.3. The standard InChI is InChI=1S/C25H37F5O/c1-2-3-4-18-5-7-19(8-6-18)20-9-11-21(12-10-20)22-13-15-23(16-14-22)31-25(29,30)24(27,28)17-26/h13-15,18-21,23H,2-12,16-17H2,1H3. The first kappa shape index (κ1) is 24.7. The van der Waals surface area contributed by atoms with E-state index in [4.69, 9.17) is 0 Å². The molecule has 0 saturated heterocycles. The molecule has 2 fully saturated rings. The smallest absolute Gasteiger partial charge is 0.308 e. The van der Waals surface area contributed by atoms with E-state index in [1.54, 1.807) is 6.08 Å². The van der Waals surface area contributed by atoms with Crippen LogP contribution in [0.2, 0.25) is 0 Å². The minimum Gasteiger partial charge on any atom is -0.308 e. The average Bonchev–Trinajstić information content (AvgIpc) is 2.78. The van der Waals surface area contributed by atoms with Crippen LogP contribution in [0.1, 0.15) is 84.0 Å². The number of hydrogen-bond donors (Lipinski definition) is 0. The summed E-state index contributed by atoms with van der Waals surface area (Å²) >= 11 is 0. The topological polar surface area (TPSA) is 9.23 Å². The lowest BCUT2D eigenvalue weighted by atomic mass is 9.67. The fourth-order valence-corrected chi connectivity index (χ4v) is 5.73. The lowest BCUT2D eigenvalue weighted by Crippen LogP contribution is -2.46. The van der Waals surface area contributed by atoms with Gasteiger partial charge >= 0.3 is 12.0 Å². The van der Waals surface area contributed by atoms with E-state index >= 15 is 0 Å². The fraction of sp³-hybridized carbons (Fsp3) is 0.840. The zero-order valence-corrected chi connectivity index (χ0v) is 18.6. The molecule has 1 unspecified atom stereocenters. The van der Waals surface area contributed by atoms with Crippen molar-refractivity contribution in [3.05, 3.63) is 23.8 Å². The molecule has 3 aliphatic carbocycles.